The summed E-state index contributed by atoms with van der Waals surface area (Å²) in [5, 5.41) is 12.9. The normalized spacial score (nSPS) is 15.6. The van der Waals surface area contributed by atoms with Crippen LogP contribution in [0.3, 0.4) is 0 Å². The zero-order chi connectivity index (χ0) is 24.8. The number of hydrogen-bond donors (Lipinski definition) is 1. The molecule has 4 rings (SSSR count). The summed E-state index contributed by atoms with van der Waals surface area (Å²) in [6, 6.07) is 21.0. The number of carbonyl (C=O) groups is 2. The van der Waals surface area contributed by atoms with E-state index in [-0.39, 0.29) is 24.1 Å². The average Bonchev–Trinajstić information content (AvgIpc) is 2.86. The maximum Gasteiger partial charge on any atom is 0.328 e. The molecule has 2 aromatic carbocycles. The number of amides is 3. The number of halogens is 1. The second kappa shape index (κ2) is 10.9. The molecule has 1 unspecified atom stereocenters. The third kappa shape index (κ3) is 5.89. The van der Waals surface area contributed by atoms with Crippen molar-refractivity contribution < 1.29 is 14.3 Å². The van der Waals surface area contributed by atoms with Crippen molar-refractivity contribution in [2.45, 2.75) is 32.5 Å². The molecule has 0 spiro atoms. The van der Waals surface area contributed by atoms with Gasteiger partial charge in [-0.2, -0.15) is 5.26 Å². The molecule has 2 heterocycles. The number of hydrogen-bond acceptors (Lipinski definition) is 6. The van der Waals surface area contributed by atoms with Crippen molar-refractivity contribution in [2.24, 2.45) is 0 Å². The number of rotatable bonds is 8. The fraction of sp³-hybridized carbons (Fsp3) is 0.231. The van der Waals surface area contributed by atoms with E-state index < -0.39 is 6.17 Å². The smallest absolute Gasteiger partial charge is 0.328 e. The maximum absolute atomic E-state index is 13.2. The van der Waals surface area contributed by atoms with E-state index in [9.17, 15) is 9.59 Å². The lowest BCUT2D eigenvalue weighted by Crippen LogP contribution is -2.58. The maximum atomic E-state index is 13.2. The molecule has 3 aromatic rings. The monoisotopic (exact) mass is 489 g/mol. The summed E-state index contributed by atoms with van der Waals surface area (Å²) >= 11 is 6.01. The number of anilines is 1. The molecule has 0 aliphatic carbocycles. The van der Waals surface area contributed by atoms with E-state index in [1.54, 1.807) is 59.5 Å². The zero-order valence-corrected chi connectivity index (χ0v) is 19.9. The lowest BCUT2D eigenvalue weighted by Gasteiger charge is -2.41. The molecular formula is C26H24ClN5O3. The molecule has 3 amide bonds. The van der Waals surface area contributed by atoms with Crippen molar-refractivity contribution in [2.75, 3.05) is 11.9 Å². The van der Waals surface area contributed by atoms with Crippen LogP contribution >= 0.6 is 11.6 Å². The third-order valence-corrected chi connectivity index (χ3v) is 5.74. The first kappa shape index (κ1) is 24.0. The first-order chi connectivity index (χ1) is 17.0. The molecule has 0 bridgehead atoms. The Labute approximate surface area is 208 Å². The Hall–Kier alpha value is -4.09. The Morgan fingerprint density at radius 1 is 1.11 bits per heavy atom. The van der Waals surface area contributed by atoms with Crippen LogP contribution in [0.15, 0.2) is 66.7 Å². The van der Waals surface area contributed by atoms with Crippen LogP contribution < -0.4 is 10.1 Å². The van der Waals surface area contributed by atoms with Crippen LogP contribution in [0, 0.1) is 11.3 Å². The van der Waals surface area contributed by atoms with Crippen molar-refractivity contribution in [1.29, 1.82) is 5.26 Å². The number of nitrogens with one attached hydrogen (secondary N) is 1. The predicted molar refractivity (Wildman–Crippen MR) is 132 cm³/mol. The van der Waals surface area contributed by atoms with Gasteiger partial charge in [-0.1, -0.05) is 36.7 Å². The molecule has 1 atom stereocenters. The molecule has 178 valence electrons. The van der Waals surface area contributed by atoms with Crippen LogP contribution in [0.25, 0.3) is 0 Å². The Kier molecular flexibility index (Phi) is 7.48. The summed E-state index contributed by atoms with van der Waals surface area (Å²) in [5.41, 5.74) is 1.91. The van der Waals surface area contributed by atoms with Crippen LogP contribution in [0.5, 0.6) is 11.6 Å². The molecule has 1 aromatic heterocycles. The number of benzene rings is 2. The first-order valence-corrected chi connectivity index (χ1v) is 11.6. The summed E-state index contributed by atoms with van der Waals surface area (Å²) in [7, 11) is 0. The van der Waals surface area contributed by atoms with Crippen LogP contribution in [0.1, 0.15) is 31.0 Å². The van der Waals surface area contributed by atoms with Gasteiger partial charge in [0.1, 0.15) is 23.7 Å². The second-order valence-corrected chi connectivity index (χ2v) is 8.48. The highest BCUT2D eigenvalue weighted by Gasteiger charge is 2.38. The Morgan fingerprint density at radius 3 is 2.54 bits per heavy atom. The van der Waals surface area contributed by atoms with E-state index in [0.717, 1.165) is 11.3 Å². The number of carbonyl (C=O) groups excluding carboxylic acids is 2. The zero-order valence-electron chi connectivity index (χ0n) is 19.1. The summed E-state index contributed by atoms with van der Waals surface area (Å²) in [6.45, 7) is 2.65. The predicted octanol–water partition coefficient (Wildman–Crippen LogP) is 5.40. The van der Waals surface area contributed by atoms with Crippen molar-refractivity contribution in [1.82, 2.24) is 14.8 Å². The van der Waals surface area contributed by atoms with Crippen LogP contribution in [0.2, 0.25) is 5.02 Å². The number of ether oxygens (including phenoxy) is 1. The van der Waals surface area contributed by atoms with Crippen LogP contribution in [-0.4, -0.2) is 39.4 Å². The largest absolute Gasteiger partial charge is 0.439 e. The van der Waals surface area contributed by atoms with Gasteiger partial charge in [-0.05, 0) is 54.4 Å². The molecule has 1 N–H and O–H groups in total. The quantitative estimate of drug-likeness (QED) is 0.454. The van der Waals surface area contributed by atoms with Gasteiger partial charge in [0, 0.05) is 29.9 Å². The highest BCUT2D eigenvalue weighted by Crippen LogP contribution is 2.26. The fourth-order valence-electron chi connectivity index (χ4n) is 3.78. The summed E-state index contributed by atoms with van der Waals surface area (Å²) < 4.78 is 5.72. The van der Waals surface area contributed by atoms with Crippen molar-refractivity contribution in [3.63, 3.8) is 0 Å². The number of imide groups is 1. The lowest BCUT2D eigenvalue weighted by molar-refractivity contribution is -0.132. The SMILES string of the molecule is CCCN1C(=O)CC(Nc2ccc(Oc3cccc(C#N)n3)cc2)N(Cc2ccc(Cl)cc2)C1=O. The van der Waals surface area contributed by atoms with E-state index in [1.807, 2.05) is 25.1 Å². The number of nitrogens with zero attached hydrogens (tertiary/aromatic N) is 4. The van der Waals surface area contributed by atoms with Crippen LogP contribution in [0.4, 0.5) is 10.5 Å². The number of urea groups is 1. The van der Waals surface area contributed by atoms with Crippen molar-refractivity contribution in [3.8, 4) is 17.7 Å². The average molecular weight is 490 g/mol. The highest BCUT2D eigenvalue weighted by molar-refractivity contribution is 6.30. The molecular weight excluding hydrogens is 466 g/mol. The van der Waals surface area contributed by atoms with E-state index in [4.69, 9.17) is 21.6 Å². The van der Waals surface area contributed by atoms with Gasteiger partial charge in [0.25, 0.3) is 0 Å². The molecule has 8 nitrogen and oxygen atoms in total. The van der Waals surface area contributed by atoms with Crippen molar-refractivity contribution in [3.05, 3.63) is 83.0 Å². The van der Waals surface area contributed by atoms with Gasteiger partial charge in [-0.3, -0.25) is 14.6 Å². The summed E-state index contributed by atoms with van der Waals surface area (Å²) in [6.07, 6.45) is 0.333. The molecule has 1 aliphatic heterocycles. The molecule has 1 saturated heterocycles. The minimum atomic E-state index is -0.514. The third-order valence-electron chi connectivity index (χ3n) is 5.48. The van der Waals surface area contributed by atoms with Gasteiger partial charge in [0.05, 0.1) is 6.42 Å². The van der Waals surface area contributed by atoms with Crippen LogP contribution in [-0.2, 0) is 11.3 Å². The number of nitriles is 1. The van der Waals surface area contributed by atoms with Gasteiger partial charge in [0.2, 0.25) is 11.8 Å². The van der Waals surface area contributed by atoms with Gasteiger partial charge in [-0.15, -0.1) is 0 Å². The van der Waals surface area contributed by atoms with E-state index in [1.165, 1.54) is 4.90 Å². The number of aromatic nitrogens is 1. The fourth-order valence-corrected chi connectivity index (χ4v) is 3.91. The van der Waals surface area contributed by atoms with E-state index in [0.29, 0.717) is 36.2 Å². The van der Waals surface area contributed by atoms with Gasteiger partial charge < -0.3 is 10.1 Å². The van der Waals surface area contributed by atoms with Gasteiger partial charge in [-0.25, -0.2) is 9.78 Å². The molecule has 1 aliphatic rings. The summed E-state index contributed by atoms with van der Waals surface area (Å²) in [5.74, 6) is 0.657. The molecule has 35 heavy (non-hydrogen) atoms. The Balaban J connectivity index is 1.50. The lowest BCUT2D eigenvalue weighted by atomic mass is 10.1. The summed E-state index contributed by atoms with van der Waals surface area (Å²) in [4.78, 5) is 33.0. The molecule has 1 fully saturated rings. The highest BCUT2D eigenvalue weighted by atomic mass is 35.5. The van der Waals surface area contributed by atoms with E-state index >= 15 is 0 Å². The van der Waals surface area contributed by atoms with E-state index in [2.05, 4.69) is 10.3 Å². The Bertz CT molecular complexity index is 1240. The molecule has 0 saturated carbocycles. The topological polar surface area (TPSA) is 98.6 Å². The minimum absolute atomic E-state index is 0.155. The van der Waals surface area contributed by atoms with Gasteiger partial charge >= 0.3 is 6.03 Å². The second-order valence-electron chi connectivity index (χ2n) is 8.05. The number of pyridine rings is 1. The molecule has 0 radical (unpaired) electrons. The van der Waals surface area contributed by atoms with Crippen molar-refractivity contribution >= 4 is 29.2 Å². The molecule has 9 heteroatoms. The van der Waals surface area contributed by atoms with Gasteiger partial charge in [0.15, 0.2) is 0 Å². The minimum Gasteiger partial charge on any atom is -0.439 e. The standard InChI is InChI=1S/C26H24ClN5O3/c1-2-14-31-25(33)15-23(32(26(31)34)17-18-6-8-19(27)9-7-18)29-20-10-12-22(13-11-20)35-24-5-3-4-21(16-28)30-24/h3-13,23,29H,2,14-15,17H2,1H3. The first-order valence-electron chi connectivity index (χ1n) is 11.2. The Morgan fingerprint density at radius 2 is 1.86 bits per heavy atom.